The highest BCUT2D eigenvalue weighted by Gasteiger charge is 2.09. The molecule has 2 rings (SSSR count). The van der Waals surface area contributed by atoms with Crippen LogP contribution in [-0.4, -0.2) is 9.97 Å². The van der Waals surface area contributed by atoms with Gasteiger partial charge in [0.2, 0.25) is 0 Å². The highest BCUT2D eigenvalue weighted by Crippen LogP contribution is 2.35. The van der Waals surface area contributed by atoms with Crippen molar-refractivity contribution < 1.29 is 0 Å². The molecule has 0 spiro atoms. The first-order valence-electron chi connectivity index (χ1n) is 5.20. The van der Waals surface area contributed by atoms with Gasteiger partial charge in [0.15, 0.2) is 5.16 Å². The van der Waals surface area contributed by atoms with Crippen LogP contribution in [0.2, 0.25) is 10.0 Å². The minimum absolute atomic E-state index is 0.444. The number of nitrogens with zero attached hydrogens (tertiary/aromatic N) is 2. The van der Waals surface area contributed by atoms with Crippen LogP contribution in [0.3, 0.4) is 0 Å². The van der Waals surface area contributed by atoms with Crippen molar-refractivity contribution in [3.8, 4) is 0 Å². The van der Waals surface area contributed by atoms with E-state index in [-0.39, 0.29) is 0 Å². The quantitative estimate of drug-likeness (QED) is 0.669. The van der Waals surface area contributed by atoms with Gasteiger partial charge in [-0.1, -0.05) is 23.2 Å². The van der Waals surface area contributed by atoms with Crippen LogP contribution in [0.1, 0.15) is 11.4 Å². The second-order valence-corrected chi connectivity index (χ2v) is 5.66. The Kier molecular flexibility index (Phi) is 4.00. The van der Waals surface area contributed by atoms with E-state index in [0.717, 1.165) is 16.3 Å². The van der Waals surface area contributed by atoms with Crippen LogP contribution < -0.4 is 5.73 Å². The van der Waals surface area contributed by atoms with Crippen molar-refractivity contribution in [3.63, 3.8) is 0 Å². The van der Waals surface area contributed by atoms with Crippen molar-refractivity contribution in [1.29, 1.82) is 0 Å². The van der Waals surface area contributed by atoms with E-state index < -0.39 is 0 Å². The zero-order valence-corrected chi connectivity index (χ0v) is 12.2. The largest absolute Gasteiger partial charge is 0.398 e. The van der Waals surface area contributed by atoms with Gasteiger partial charge in [-0.15, -0.1) is 0 Å². The average molecular weight is 300 g/mol. The highest BCUT2D eigenvalue weighted by atomic mass is 35.5. The fourth-order valence-corrected chi connectivity index (χ4v) is 2.80. The number of nitrogens with two attached hydrogens (primary N) is 1. The number of aryl methyl sites for hydroxylation is 2. The van der Waals surface area contributed by atoms with Gasteiger partial charge in [0.1, 0.15) is 0 Å². The molecule has 3 nitrogen and oxygen atoms in total. The molecule has 0 saturated carbocycles. The summed E-state index contributed by atoms with van der Waals surface area (Å²) in [6.07, 6.45) is 0. The Hall–Kier alpha value is -0.970. The van der Waals surface area contributed by atoms with Crippen molar-refractivity contribution in [1.82, 2.24) is 9.97 Å². The predicted molar refractivity (Wildman–Crippen MR) is 76.5 cm³/mol. The van der Waals surface area contributed by atoms with E-state index in [1.54, 1.807) is 12.1 Å². The summed E-state index contributed by atoms with van der Waals surface area (Å²) in [7, 11) is 0. The van der Waals surface area contributed by atoms with Gasteiger partial charge in [-0.05, 0) is 43.8 Å². The molecule has 1 aromatic carbocycles. The van der Waals surface area contributed by atoms with Gasteiger partial charge in [-0.2, -0.15) is 0 Å². The van der Waals surface area contributed by atoms with Gasteiger partial charge >= 0.3 is 0 Å². The third-order valence-corrected chi connectivity index (χ3v) is 3.88. The molecule has 1 heterocycles. The van der Waals surface area contributed by atoms with Crippen LogP contribution in [0.25, 0.3) is 0 Å². The van der Waals surface area contributed by atoms with Crippen molar-refractivity contribution in [2.75, 3.05) is 5.73 Å². The summed E-state index contributed by atoms with van der Waals surface area (Å²) in [5.41, 5.74) is 8.30. The summed E-state index contributed by atoms with van der Waals surface area (Å²) >= 11 is 13.2. The van der Waals surface area contributed by atoms with Crippen LogP contribution in [0.4, 0.5) is 5.69 Å². The summed E-state index contributed by atoms with van der Waals surface area (Å²) in [6.45, 7) is 3.86. The molecule has 0 aliphatic rings. The lowest BCUT2D eigenvalue weighted by atomic mass is 10.3. The van der Waals surface area contributed by atoms with E-state index in [0.29, 0.717) is 20.9 Å². The van der Waals surface area contributed by atoms with Gasteiger partial charge in [-0.25, -0.2) is 9.97 Å². The van der Waals surface area contributed by atoms with Gasteiger partial charge in [0, 0.05) is 22.0 Å². The van der Waals surface area contributed by atoms with E-state index in [1.807, 2.05) is 19.9 Å². The van der Waals surface area contributed by atoms with E-state index in [1.165, 1.54) is 11.8 Å². The number of hydrogen-bond acceptors (Lipinski definition) is 4. The first-order valence-corrected chi connectivity index (χ1v) is 6.77. The van der Waals surface area contributed by atoms with Gasteiger partial charge < -0.3 is 5.73 Å². The number of halogens is 2. The molecule has 0 fully saturated rings. The van der Waals surface area contributed by atoms with Crippen LogP contribution in [0, 0.1) is 13.8 Å². The molecular formula is C12H11Cl2N3S. The van der Waals surface area contributed by atoms with Crippen LogP contribution in [0.15, 0.2) is 28.3 Å². The number of anilines is 1. The summed E-state index contributed by atoms with van der Waals surface area (Å²) in [6, 6.07) is 5.28. The van der Waals surface area contributed by atoms with Crippen LogP contribution in [-0.2, 0) is 0 Å². The summed E-state index contributed by atoms with van der Waals surface area (Å²) in [4.78, 5) is 9.49. The smallest absolute Gasteiger partial charge is 0.192 e. The lowest BCUT2D eigenvalue weighted by Gasteiger charge is -2.07. The van der Waals surface area contributed by atoms with E-state index >= 15 is 0 Å². The summed E-state index contributed by atoms with van der Waals surface area (Å²) in [5, 5.41) is 1.56. The topological polar surface area (TPSA) is 51.8 Å². The molecule has 0 aliphatic heterocycles. The number of nitrogen functional groups attached to an aromatic ring is 1. The SMILES string of the molecule is Cc1cc(C)nc(Sc2cc(Cl)c(Cl)cc2N)n1. The Bertz CT molecular complexity index is 582. The molecule has 2 aromatic rings. The highest BCUT2D eigenvalue weighted by molar-refractivity contribution is 7.99. The molecule has 0 atom stereocenters. The van der Waals surface area contributed by atoms with Crippen molar-refractivity contribution >= 4 is 40.7 Å². The second kappa shape index (κ2) is 5.34. The molecule has 2 N–H and O–H groups in total. The third kappa shape index (κ3) is 3.07. The lowest BCUT2D eigenvalue weighted by Crippen LogP contribution is -1.94. The average Bonchev–Trinajstić information content (AvgIpc) is 2.24. The fourth-order valence-electron chi connectivity index (χ4n) is 1.47. The zero-order valence-electron chi connectivity index (χ0n) is 9.87. The summed E-state index contributed by atoms with van der Waals surface area (Å²) in [5.74, 6) is 0. The molecule has 0 saturated heterocycles. The Labute approximate surface area is 120 Å². The van der Waals surface area contributed by atoms with Gasteiger partial charge in [-0.3, -0.25) is 0 Å². The number of aromatic nitrogens is 2. The van der Waals surface area contributed by atoms with Crippen molar-refractivity contribution in [2.24, 2.45) is 0 Å². The number of rotatable bonds is 2. The van der Waals surface area contributed by atoms with E-state index in [2.05, 4.69) is 9.97 Å². The van der Waals surface area contributed by atoms with E-state index in [4.69, 9.17) is 28.9 Å². The normalized spacial score (nSPS) is 10.7. The number of benzene rings is 1. The monoisotopic (exact) mass is 299 g/mol. The molecular weight excluding hydrogens is 289 g/mol. The minimum atomic E-state index is 0.444. The first kappa shape index (κ1) is 13.5. The van der Waals surface area contributed by atoms with Gasteiger partial charge in [0.05, 0.1) is 10.0 Å². The zero-order chi connectivity index (χ0) is 13.3. The fraction of sp³-hybridized carbons (Fsp3) is 0.167. The molecule has 94 valence electrons. The molecule has 0 bridgehead atoms. The second-order valence-electron chi connectivity index (χ2n) is 3.84. The maximum absolute atomic E-state index is 5.97. The van der Waals surface area contributed by atoms with Crippen molar-refractivity contribution in [3.05, 3.63) is 39.6 Å². The maximum atomic E-state index is 5.97. The first-order chi connectivity index (χ1) is 8.45. The molecule has 0 radical (unpaired) electrons. The molecule has 6 heteroatoms. The predicted octanol–water partition coefficient (Wildman–Crippen LogP) is 4.13. The third-order valence-electron chi connectivity index (χ3n) is 2.22. The Morgan fingerprint density at radius 3 is 2.17 bits per heavy atom. The Balaban J connectivity index is 2.36. The lowest BCUT2D eigenvalue weighted by molar-refractivity contribution is 0.902. The van der Waals surface area contributed by atoms with Crippen molar-refractivity contribution in [2.45, 2.75) is 23.9 Å². The van der Waals surface area contributed by atoms with Gasteiger partial charge in [0.25, 0.3) is 0 Å². The molecule has 0 aliphatic carbocycles. The van der Waals surface area contributed by atoms with E-state index in [9.17, 15) is 0 Å². The summed E-state index contributed by atoms with van der Waals surface area (Å²) < 4.78 is 0. The molecule has 0 amide bonds. The Morgan fingerprint density at radius 1 is 1.00 bits per heavy atom. The molecule has 1 aromatic heterocycles. The van der Waals surface area contributed by atoms with Crippen LogP contribution >= 0.6 is 35.0 Å². The molecule has 0 unspecified atom stereocenters. The molecule has 18 heavy (non-hydrogen) atoms. The minimum Gasteiger partial charge on any atom is -0.398 e. The maximum Gasteiger partial charge on any atom is 0.192 e. The standard InChI is InChI=1S/C12H11Cl2N3S/c1-6-3-7(2)17-12(16-6)18-11-5-9(14)8(13)4-10(11)15/h3-5H,15H2,1-2H3. The number of hydrogen-bond donors (Lipinski definition) is 1. The Morgan fingerprint density at radius 2 is 1.56 bits per heavy atom. The van der Waals surface area contributed by atoms with Crippen LogP contribution in [0.5, 0.6) is 0 Å².